The van der Waals surface area contributed by atoms with Crippen LogP contribution in [0.2, 0.25) is 0 Å². The fourth-order valence-electron chi connectivity index (χ4n) is 5.17. The lowest BCUT2D eigenvalue weighted by molar-refractivity contribution is -0.152. The second-order valence-electron chi connectivity index (χ2n) is 12.6. The zero-order valence-corrected chi connectivity index (χ0v) is 30.1. The molecule has 262 valence electrons. The lowest BCUT2D eigenvalue weighted by Gasteiger charge is -2.34. The molecule has 11 nitrogen and oxygen atoms in total. The number of carbonyl (C=O) groups excluding carboxylic acids is 4. The molecule has 1 fully saturated rings. The van der Waals surface area contributed by atoms with Crippen LogP contribution in [0.4, 0.5) is 0 Å². The third-order valence-electron chi connectivity index (χ3n) is 8.10. The first-order valence-corrected chi connectivity index (χ1v) is 17.2. The maximum atomic E-state index is 13.6. The van der Waals surface area contributed by atoms with Gasteiger partial charge in [-0.25, -0.2) is 5.43 Å². The molecule has 2 aromatic heterocycles. The first kappa shape index (κ1) is 38.0. The average Bonchev–Trinajstić information content (AvgIpc) is 3.08. The van der Waals surface area contributed by atoms with Crippen LogP contribution in [-0.2, 0) is 36.8 Å². The number of hydrazine groups is 1. The molecule has 1 saturated heterocycles. The molecule has 3 unspecified atom stereocenters. The lowest BCUT2D eigenvalue weighted by atomic mass is 9.90. The van der Waals surface area contributed by atoms with Crippen molar-refractivity contribution >= 4 is 75.3 Å². The molecule has 1 aliphatic rings. The van der Waals surface area contributed by atoms with Crippen molar-refractivity contribution < 1.29 is 23.9 Å². The van der Waals surface area contributed by atoms with Gasteiger partial charge < -0.3 is 15.4 Å². The van der Waals surface area contributed by atoms with Crippen molar-refractivity contribution in [1.82, 2.24) is 31.0 Å². The van der Waals surface area contributed by atoms with Gasteiger partial charge in [0, 0.05) is 36.9 Å². The lowest BCUT2D eigenvalue weighted by Crippen LogP contribution is -2.61. The smallest absolute Gasteiger partial charge is 0.325 e. The van der Waals surface area contributed by atoms with Gasteiger partial charge in [0.25, 0.3) is 5.91 Å². The van der Waals surface area contributed by atoms with E-state index in [1.807, 2.05) is 12.1 Å². The summed E-state index contributed by atoms with van der Waals surface area (Å²) in [5, 5.41) is 8.95. The maximum absolute atomic E-state index is 13.6. The summed E-state index contributed by atoms with van der Waals surface area (Å²) in [6.07, 6.45) is 10.5. The number of halogens is 3. The largest absolute Gasteiger partial charge is 0.460 e. The Labute approximate surface area is 301 Å². The number of fused-ring (bicyclic) bond motifs is 1. The minimum atomic E-state index is -1.76. The standard InChI is InChI=1S/C35H41Cl3N6O5/c1-5-23-10-11-25-20-40-27(18-26(25)16-23)12-13-34(3,4)33(48)42-29(17-24-8-6-14-39-19-24)30(45)41-22(2)31(46)44-15-7-9-28(43-44)32(47)49-21-35(36,37)38/h6,8,10-14,16,18-20,22,28-29,43H,5,7,9,15,17,21H2,1-4H3,(H,41,45)(H,42,48)/b13-12+. The summed E-state index contributed by atoms with van der Waals surface area (Å²) in [5.41, 5.74) is 4.46. The number of hydrogen-bond acceptors (Lipinski definition) is 8. The van der Waals surface area contributed by atoms with Gasteiger partial charge in [0.2, 0.25) is 15.6 Å². The Kier molecular flexibility index (Phi) is 13.0. The van der Waals surface area contributed by atoms with Crippen LogP contribution in [0.1, 0.15) is 57.4 Å². The van der Waals surface area contributed by atoms with E-state index in [0.717, 1.165) is 22.8 Å². The number of carbonyl (C=O) groups is 4. The Morgan fingerprint density at radius 2 is 1.86 bits per heavy atom. The van der Waals surface area contributed by atoms with Crippen molar-refractivity contribution in [3.05, 3.63) is 77.9 Å². The molecule has 4 rings (SSSR count). The van der Waals surface area contributed by atoms with Gasteiger partial charge in [0.1, 0.15) is 24.7 Å². The molecule has 0 radical (unpaired) electrons. The van der Waals surface area contributed by atoms with Crippen LogP contribution in [0.3, 0.4) is 0 Å². The quantitative estimate of drug-likeness (QED) is 0.177. The van der Waals surface area contributed by atoms with Gasteiger partial charge in [-0.05, 0) is 74.8 Å². The van der Waals surface area contributed by atoms with Gasteiger partial charge in [-0.1, -0.05) is 72.1 Å². The molecule has 0 aliphatic carbocycles. The molecule has 1 aromatic carbocycles. The summed E-state index contributed by atoms with van der Waals surface area (Å²) in [7, 11) is 0. The molecule has 3 atom stereocenters. The molecular weight excluding hydrogens is 691 g/mol. The number of hydrogen-bond donors (Lipinski definition) is 3. The van der Waals surface area contributed by atoms with Crippen molar-refractivity contribution in [2.45, 2.75) is 75.3 Å². The highest BCUT2D eigenvalue weighted by Gasteiger charge is 2.35. The highest BCUT2D eigenvalue weighted by atomic mass is 35.6. The summed E-state index contributed by atoms with van der Waals surface area (Å²) < 4.78 is 3.30. The van der Waals surface area contributed by atoms with E-state index in [9.17, 15) is 19.2 Å². The number of pyridine rings is 2. The van der Waals surface area contributed by atoms with Gasteiger partial charge in [-0.2, -0.15) is 0 Å². The zero-order valence-electron chi connectivity index (χ0n) is 27.8. The number of nitrogens with one attached hydrogen (secondary N) is 3. The van der Waals surface area contributed by atoms with E-state index in [4.69, 9.17) is 39.5 Å². The molecule has 0 spiro atoms. The third-order valence-corrected chi connectivity index (χ3v) is 8.43. The first-order valence-electron chi connectivity index (χ1n) is 16.0. The average molecular weight is 732 g/mol. The predicted octanol–water partition coefficient (Wildman–Crippen LogP) is 4.87. The Balaban J connectivity index is 1.43. The van der Waals surface area contributed by atoms with Crippen molar-refractivity contribution in [2.24, 2.45) is 5.41 Å². The van der Waals surface area contributed by atoms with Gasteiger partial charge in [0.15, 0.2) is 0 Å². The number of ether oxygens (including phenoxy) is 1. The molecule has 3 heterocycles. The molecule has 0 bridgehead atoms. The second kappa shape index (κ2) is 16.8. The van der Waals surface area contributed by atoms with Crippen molar-refractivity contribution in [2.75, 3.05) is 13.2 Å². The van der Waals surface area contributed by atoms with E-state index in [-0.39, 0.29) is 6.42 Å². The van der Waals surface area contributed by atoms with Gasteiger partial charge in [-0.3, -0.25) is 34.2 Å². The zero-order chi connectivity index (χ0) is 35.8. The predicted molar refractivity (Wildman–Crippen MR) is 191 cm³/mol. The van der Waals surface area contributed by atoms with Crippen LogP contribution < -0.4 is 16.1 Å². The Hall–Kier alpha value is -3.77. The highest BCUT2D eigenvalue weighted by molar-refractivity contribution is 6.67. The number of aryl methyl sites for hydroxylation is 1. The molecular formula is C35H41Cl3N6O5. The molecule has 14 heteroatoms. The molecule has 3 N–H and O–H groups in total. The van der Waals surface area contributed by atoms with Crippen LogP contribution in [-0.4, -0.2) is 73.7 Å². The van der Waals surface area contributed by atoms with E-state index in [2.05, 4.69) is 45.1 Å². The van der Waals surface area contributed by atoms with Crippen molar-refractivity contribution in [1.29, 1.82) is 0 Å². The van der Waals surface area contributed by atoms with Crippen LogP contribution >= 0.6 is 34.8 Å². The van der Waals surface area contributed by atoms with E-state index < -0.39 is 57.6 Å². The van der Waals surface area contributed by atoms with Crippen LogP contribution in [0.25, 0.3) is 16.8 Å². The highest BCUT2D eigenvalue weighted by Crippen LogP contribution is 2.26. The second-order valence-corrected chi connectivity index (χ2v) is 15.1. The normalized spacial score (nSPS) is 16.6. The number of benzene rings is 1. The van der Waals surface area contributed by atoms with Gasteiger partial charge in [-0.15, -0.1) is 0 Å². The molecule has 49 heavy (non-hydrogen) atoms. The SMILES string of the molecule is CCc1ccc2cnc(/C=C/C(C)(C)C(=O)NC(Cc3cccnc3)C(=O)NC(C)C(=O)N3CCCC(C(=O)OCC(Cl)(Cl)Cl)N3)cc2c1. The summed E-state index contributed by atoms with van der Waals surface area (Å²) >= 11 is 17.0. The summed E-state index contributed by atoms with van der Waals surface area (Å²) in [6, 6.07) is 8.91. The molecule has 0 saturated carbocycles. The number of rotatable bonds is 12. The minimum absolute atomic E-state index is 0.136. The maximum Gasteiger partial charge on any atom is 0.325 e. The van der Waals surface area contributed by atoms with Gasteiger partial charge >= 0.3 is 5.97 Å². The van der Waals surface area contributed by atoms with Crippen LogP contribution in [0, 0.1) is 5.41 Å². The van der Waals surface area contributed by atoms with Gasteiger partial charge in [0.05, 0.1) is 11.1 Å². The van der Waals surface area contributed by atoms with E-state index in [1.54, 1.807) is 56.7 Å². The number of aromatic nitrogens is 2. The Morgan fingerprint density at radius 3 is 2.55 bits per heavy atom. The third kappa shape index (κ3) is 11.1. The summed E-state index contributed by atoms with van der Waals surface area (Å²) in [5.74, 6) is -2.10. The monoisotopic (exact) mass is 730 g/mol. The fourth-order valence-corrected chi connectivity index (χ4v) is 5.34. The number of esters is 1. The van der Waals surface area contributed by atoms with Crippen molar-refractivity contribution in [3.63, 3.8) is 0 Å². The Morgan fingerprint density at radius 1 is 1.08 bits per heavy atom. The topological polar surface area (TPSA) is 143 Å². The van der Waals surface area contributed by atoms with E-state index >= 15 is 0 Å². The van der Waals surface area contributed by atoms with E-state index in [0.29, 0.717) is 25.1 Å². The van der Waals surface area contributed by atoms with Crippen LogP contribution in [0.15, 0.2) is 61.1 Å². The number of nitrogens with zero attached hydrogens (tertiary/aromatic N) is 3. The van der Waals surface area contributed by atoms with Crippen molar-refractivity contribution in [3.8, 4) is 0 Å². The minimum Gasteiger partial charge on any atom is -0.460 e. The first-order chi connectivity index (χ1) is 23.1. The molecule has 3 aromatic rings. The number of alkyl halides is 3. The molecule has 1 aliphatic heterocycles. The molecule has 3 amide bonds. The summed E-state index contributed by atoms with van der Waals surface area (Å²) in [4.78, 5) is 61.7. The summed E-state index contributed by atoms with van der Waals surface area (Å²) in [6.45, 7) is 6.99. The number of amides is 3. The fraction of sp³-hybridized carbons (Fsp3) is 0.429. The Bertz CT molecular complexity index is 1680. The van der Waals surface area contributed by atoms with E-state index in [1.165, 1.54) is 17.5 Å². The van der Waals surface area contributed by atoms with Crippen LogP contribution in [0.5, 0.6) is 0 Å².